The SMILES string of the molecule is CC1CN(C(=O)Nc2ccccc2)CC(CO)O1. The molecule has 0 bridgehead atoms. The Bertz CT molecular complexity index is 396. The fraction of sp³-hybridized carbons (Fsp3) is 0.462. The summed E-state index contributed by atoms with van der Waals surface area (Å²) >= 11 is 0. The van der Waals surface area contributed by atoms with Crippen LogP contribution in [0.2, 0.25) is 0 Å². The molecule has 0 radical (unpaired) electrons. The maximum absolute atomic E-state index is 12.1. The Morgan fingerprint density at radius 1 is 1.44 bits per heavy atom. The number of nitrogens with one attached hydrogen (secondary N) is 1. The van der Waals surface area contributed by atoms with Gasteiger partial charge in [0.1, 0.15) is 0 Å². The van der Waals surface area contributed by atoms with E-state index in [0.717, 1.165) is 5.69 Å². The molecule has 5 heteroatoms. The van der Waals surface area contributed by atoms with Crippen molar-refractivity contribution in [2.24, 2.45) is 0 Å². The number of benzene rings is 1. The van der Waals surface area contributed by atoms with Crippen molar-refractivity contribution in [3.8, 4) is 0 Å². The highest BCUT2D eigenvalue weighted by Gasteiger charge is 2.27. The van der Waals surface area contributed by atoms with Crippen LogP contribution >= 0.6 is 0 Å². The Kier molecular flexibility index (Phi) is 4.17. The van der Waals surface area contributed by atoms with Crippen molar-refractivity contribution >= 4 is 11.7 Å². The Morgan fingerprint density at radius 2 is 2.17 bits per heavy atom. The number of rotatable bonds is 2. The smallest absolute Gasteiger partial charge is 0.322 e. The van der Waals surface area contributed by atoms with Gasteiger partial charge >= 0.3 is 6.03 Å². The van der Waals surface area contributed by atoms with Gasteiger partial charge in [0.25, 0.3) is 0 Å². The zero-order valence-corrected chi connectivity index (χ0v) is 10.4. The Hall–Kier alpha value is -1.59. The first kappa shape index (κ1) is 12.9. The van der Waals surface area contributed by atoms with Gasteiger partial charge in [0.2, 0.25) is 0 Å². The van der Waals surface area contributed by atoms with E-state index in [2.05, 4.69) is 5.32 Å². The minimum atomic E-state index is -0.296. The average Bonchev–Trinajstić information content (AvgIpc) is 2.39. The van der Waals surface area contributed by atoms with Crippen LogP contribution in [0.25, 0.3) is 0 Å². The summed E-state index contributed by atoms with van der Waals surface area (Å²) < 4.78 is 5.49. The maximum Gasteiger partial charge on any atom is 0.322 e. The third kappa shape index (κ3) is 3.21. The van der Waals surface area contributed by atoms with E-state index in [1.54, 1.807) is 4.90 Å². The molecule has 0 spiro atoms. The molecule has 18 heavy (non-hydrogen) atoms. The molecule has 0 saturated carbocycles. The van der Waals surface area contributed by atoms with Crippen molar-refractivity contribution in [1.29, 1.82) is 0 Å². The highest BCUT2D eigenvalue weighted by molar-refractivity contribution is 5.89. The molecular weight excluding hydrogens is 232 g/mol. The second-order valence-electron chi connectivity index (χ2n) is 4.45. The number of morpholine rings is 1. The summed E-state index contributed by atoms with van der Waals surface area (Å²) in [5.41, 5.74) is 0.766. The molecule has 5 nitrogen and oxygen atoms in total. The maximum atomic E-state index is 12.1. The van der Waals surface area contributed by atoms with E-state index >= 15 is 0 Å². The summed E-state index contributed by atoms with van der Waals surface area (Å²) in [6.45, 7) is 2.78. The molecule has 2 N–H and O–H groups in total. The fourth-order valence-electron chi connectivity index (χ4n) is 2.04. The molecule has 1 aromatic carbocycles. The minimum Gasteiger partial charge on any atom is -0.394 e. The number of amides is 2. The largest absolute Gasteiger partial charge is 0.394 e. The van der Waals surface area contributed by atoms with Gasteiger partial charge in [-0.05, 0) is 19.1 Å². The van der Waals surface area contributed by atoms with Crippen molar-refractivity contribution in [1.82, 2.24) is 4.90 Å². The van der Waals surface area contributed by atoms with Gasteiger partial charge < -0.3 is 20.1 Å². The van der Waals surface area contributed by atoms with Crippen LogP contribution in [0.1, 0.15) is 6.92 Å². The summed E-state index contributed by atoms with van der Waals surface area (Å²) in [4.78, 5) is 13.7. The first-order valence-electron chi connectivity index (χ1n) is 6.06. The standard InChI is InChI=1S/C13H18N2O3/c1-10-7-15(8-12(9-16)18-10)13(17)14-11-5-3-2-4-6-11/h2-6,10,12,16H,7-9H2,1H3,(H,14,17). The van der Waals surface area contributed by atoms with Gasteiger partial charge in [0, 0.05) is 12.2 Å². The van der Waals surface area contributed by atoms with Crippen LogP contribution < -0.4 is 5.32 Å². The predicted molar refractivity (Wildman–Crippen MR) is 68.5 cm³/mol. The molecule has 1 aliphatic rings. The summed E-state index contributed by atoms with van der Waals surface area (Å²) in [5.74, 6) is 0. The summed E-state index contributed by atoms with van der Waals surface area (Å²) in [5, 5.41) is 11.9. The van der Waals surface area contributed by atoms with Crippen LogP contribution in [0.5, 0.6) is 0 Å². The summed E-state index contributed by atoms with van der Waals surface area (Å²) in [6.07, 6.45) is -0.354. The average molecular weight is 250 g/mol. The number of carbonyl (C=O) groups excluding carboxylic acids is 1. The number of ether oxygens (including phenoxy) is 1. The van der Waals surface area contributed by atoms with E-state index < -0.39 is 0 Å². The van der Waals surface area contributed by atoms with Gasteiger partial charge in [-0.25, -0.2) is 4.79 Å². The Balaban J connectivity index is 1.96. The van der Waals surface area contributed by atoms with Crippen LogP contribution in [0.3, 0.4) is 0 Å². The molecule has 0 aromatic heterocycles. The van der Waals surface area contributed by atoms with Crippen LogP contribution in [0.15, 0.2) is 30.3 Å². The molecule has 2 amide bonds. The number of hydrogen-bond donors (Lipinski definition) is 2. The lowest BCUT2D eigenvalue weighted by atomic mass is 10.2. The van der Waals surface area contributed by atoms with Crippen LogP contribution in [-0.2, 0) is 4.74 Å². The van der Waals surface area contributed by atoms with Gasteiger partial charge in [0.05, 0.1) is 25.4 Å². The van der Waals surface area contributed by atoms with E-state index in [1.165, 1.54) is 0 Å². The molecule has 98 valence electrons. The summed E-state index contributed by atoms with van der Waals surface area (Å²) in [7, 11) is 0. The van der Waals surface area contributed by atoms with Crippen molar-refractivity contribution in [3.63, 3.8) is 0 Å². The highest BCUT2D eigenvalue weighted by atomic mass is 16.5. The number of carbonyl (C=O) groups is 1. The number of para-hydroxylation sites is 1. The number of anilines is 1. The zero-order chi connectivity index (χ0) is 13.0. The number of urea groups is 1. The van der Waals surface area contributed by atoms with E-state index in [9.17, 15) is 4.79 Å². The highest BCUT2D eigenvalue weighted by Crippen LogP contribution is 2.13. The molecular formula is C13H18N2O3. The fourth-order valence-corrected chi connectivity index (χ4v) is 2.04. The van der Waals surface area contributed by atoms with Crippen molar-refractivity contribution in [2.45, 2.75) is 19.1 Å². The molecule has 1 fully saturated rings. The molecule has 2 unspecified atom stereocenters. The van der Waals surface area contributed by atoms with Crippen LogP contribution in [0, 0.1) is 0 Å². The van der Waals surface area contributed by atoms with Gasteiger partial charge in [-0.1, -0.05) is 18.2 Å². The predicted octanol–water partition coefficient (Wildman–Crippen LogP) is 1.30. The molecule has 1 aliphatic heterocycles. The zero-order valence-electron chi connectivity index (χ0n) is 10.4. The first-order chi connectivity index (χ1) is 8.69. The quantitative estimate of drug-likeness (QED) is 0.831. The number of hydrogen-bond acceptors (Lipinski definition) is 3. The lowest BCUT2D eigenvalue weighted by molar-refractivity contribution is -0.0822. The number of aliphatic hydroxyl groups is 1. The van der Waals surface area contributed by atoms with E-state index in [1.807, 2.05) is 37.3 Å². The van der Waals surface area contributed by atoms with E-state index in [0.29, 0.717) is 13.1 Å². The monoisotopic (exact) mass is 250 g/mol. The van der Waals surface area contributed by atoms with Crippen LogP contribution in [-0.4, -0.2) is 47.9 Å². The van der Waals surface area contributed by atoms with E-state index in [4.69, 9.17) is 9.84 Å². The molecule has 1 saturated heterocycles. The van der Waals surface area contributed by atoms with Crippen molar-refractivity contribution in [3.05, 3.63) is 30.3 Å². The van der Waals surface area contributed by atoms with Gasteiger partial charge in [-0.3, -0.25) is 0 Å². The van der Waals surface area contributed by atoms with Crippen molar-refractivity contribution in [2.75, 3.05) is 25.0 Å². The third-order valence-electron chi connectivity index (χ3n) is 2.84. The van der Waals surface area contributed by atoms with E-state index in [-0.39, 0.29) is 24.8 Å². The second-order valence-corrected chi connectivity index (χ2v) is 4.45. The minimum absolute atomic E-state index is 0.0579. The van der Waals surface area contributed by atoms with Gasteiger partial charge in [-0.2, -0.15) is 0 Å². The molecule has 2 atom stereocenters. The van der Waals surface area contributed by atoms with Crippen molar-refractivity contribution < 1.29 is 14.6 Å². The number of nitrogens with zero attached hydrogens (tertiary/aromatic N) is 1. The Labute approximate surface area is 106 Å². The lowest BCUT2D eigenvalue weighted by Crippen LogP contribution is -2.51. The third-order valence-corrected chi connectivity index (χ3v) is 2.84. The lowest BCUT2D eigenvalue weighted by Gasteiger charge is -2.35. The molecule has 1 aromatic rings. The molecule has 2 rings (SSSR count). The topological polar surface area (TPSA) is 61.8 Å². The number of aliphatic hydroxyl groups excluding tert-OH is 1. The first-order valence-corrected chi connectivity index (χ1v) is 6.06. The normalized spacial score (nSPS) is 23.8. The summed E-state index contributed by atoms with van der Waals surface area (Å²) in [6, 6.07) is 9.15. The Morgan fingerprint density at radius 3 is 2.83 bits per heavy atom. The van der Waals surface area contributed by atoms with Crippen LogP contribution in [0.4, 0.5) is 10.5 Å². The van der Waals surface area contributed by atoms with Gasteiger partial charge in [0.15, 0.2) is 0 Å². The molecule has 0 aliphatic carbocycles. The second kappa shape index (κ2) is 5.84. The molecule has 1 heterocycles. The van der Waals surface area contributed by atoms with Gasteiger partial charge in [-0.15, -0.1) is 0 Å².